The molecule has 25 heavy (non-hydrogen) atoms. The van der Waals surface area contributed by atoms with E-state index in [1.807, 2.05) is 24.4 Å². The predicted octanol–water partition coefficient (Wildman–Crippen LogP) is 4.79. The molecular formula is C19H19ClN4O. The SMILES string of the molecule is CC12CCC(c3nnc4c(Oc5ccccc5Cl)nccn34)(CC1)C2. The second-order valence-electron chi connectivity index (χ2n) is 7.75. The minimum absolute atomic E-state index is 0.150. The molecule has 2 bridgehead atoms. The van der Waals surface area contributed by atoms with E-state index in [9.17, 15) is 0 Å². The molecular weight excluding hydrogens is 336 g/mol. The van der Waals surface area contributed by atoms with E-state index in [4.69, 9.17) is 16.3 Å². The molecule has 1 aromatic carbocycles. The first-order valence-corrected chi connectivity index (χ1v) is 9.09. The molecule has 2 aliphatic rings. The molecule has 2 aliphatic carbocycles. The van der Waals surface area contributed by atoms with Crippen LogP contribution in [0.3, 0.4) is 0 Å². The molecule has 5 rings (SSSR count). The van der Waals surface area contributed by atoms with Gasteiger partial charge in [0.2, 0.25) is 5.65 Å². The van der Waals surface area contributed by atoms with E-state index in [0.717, 1.165) is 5.82 Å². The molecule has 0 unspecified atom stereocenters. The summed E-state index contributed by atoms with van der Waals surface area (Å²) in [6.07, 6.45) is 9.80. The summed E-state index contributed by atoms with van der Waals surface area (Å²) < 4.78 is 7.98. The topological polar surface area (TPSA) is 52.3 Å². The number of rotatable bonds is 3. The first kappa shape index (κ1) is 15.1. The van der Waals surface area contributed by atoms with Crippen molar-refractivity contribution in [3.8, 4) is 11.6 Å². The number of hydrogen-bond acceptors (Lipinski definition) is 4. The Kier molecular flexibility index (Phi) is 3.14. The molecule has 2 aromatic heterocycles. The van der Waals surface area contributed by atoms with E-state index in [2.05, 4.69) is 26.5 Å². The molecule has 2 heterocycles. The largest absolute Gasteiger partial charge is 0.434 e. The van der Waals surface area contributed by atoms with E-state index in [1.165, 1.54) is 32.1 Å². The van der Waals surface area contributed by atoms with E-state index >= 15 is 0 Å². The maximum atomic E-state index is 6.20. The van der Waals surface area contributed by atoms with Gasteiger partial charge in [-0.15, -0.1) is 10.2 Å². The molecule has 128 valence electrons. The summed E-state index contributed by atoms with van der Waals surface area (Å²) in [5.41, 5.74) is 1.26. The van der Waals surface area contributed by atoms with Crippen LogP contribution in [0.25, 0.3) is 5.65 Å². The van der Waals surface area contributed by atoms with Gasteiger partial charge in [-0.05, 0) is 49.7 Å². The fraction of sp³-hybridized carbons (Fsp3) is 0.421. The molecule has 0 spiro atoms. The summed E-state index contributed by atoms with van der Waals surface area (Å²) in [6.45, 7) is 2.40. The third-order valence-corrected chi connectivity index (χ3v) is 6.30. The van der Waals surface area contributed by atoms with Crippen LogP contribution >= 0.6 is 11.6 Å². The molecule has 0 saturated heterocycles. The molecule has 0 amide bonds. The van der Waals surface area contributed by atoms with Crippen molar-refractivity contribution in [1.29, 1.82) is 0 Å². The Labute approximate surface area is 151 Å². The summed E-state index contributed by atoms with van der Waals surface area (Å²) in [5, 5.41) is 9.52. The van der Waals surface area contributed by atoms with Gasteiger partial charge >= 0.3 is 0 Å². The lowest BCUT2D eigenvalue weighted by molar-refractivity contribution is 0.325. The average Bonchev–Trinajstić information content (AvgIpc) is 3.28. The average molecular weight is 355 g/mol. The second-order valence-corrected chi connectivity index (χ2v) is 8.16. The smallest absolute Gasteiger partial charge is 0.265 e. The van der Waals surface area contributed by atoms with Crippen LogP contribution in [0.1, 0.15) is 44.9 Å². The van der Waals surface area contributed by atoms with Gasteiger partial charge in [0, 0.05) is 17.8 Å². The Bertz CT molecular complexity index is 959. The van der Waals surface area contributed by atoms with E-state index < -0.39 is 0 Å². The van der Waals surface area contributed by atoms with Crippen LogP contribution in [0, 0.1) is 5.41 Å². The first-order valence-electron chi connectivity index (χ1n) is 8.71. The monoisotopic (exact) mass is 354 g/mol. The standard InChI is InChI=1S/C19H19ClN4O/c1-18-6-8-19(12-18,9-7-18)17-23-22-15-16(21-10-11-24(15)17)25-14-5-3-2-4-13(14)20/h2-5,10-11H,6-9,12H2,1H3. The van der Waals surface area contributed by atoms with Crippen molar-refractivity contribution in [3.05, 3.63) is 47.5 Å². The number of para-hydroxylation sites is 1. The van der Waals surface area contributed by atoms with Gasteiger partial charge in [0.25, 0.3) is 5.88 Å². The van der Waals surface area contributed by atoms with Crippen molar-refractivity contribution in [2.24, 2.45) is 5.41 Å². The quantitative estimate of drug-likeness (QED) is 0.678. The molecule has 3 aromatic rings. The van der Waals surface area contributed by atoms with E-state index in [0.29, 0.717) is 27.7 Å². The summed E-state index contributed by atoms with van der Waals surface area (Å²) in [6, 6.07) is 7.37. The van der Waals surface area contributed by atoms with Crippen molar-refractivity contribution < 1.29 is 4.74 Å². The highest BCUT2D eigenvalue weighted by Crippen LogP contribution is 2.61. The van der Waals surface area contributed by atoms with Crippen molar-refractivity contribution in [3.63, 3.8) is 0 Å². The fourth-order valence-electron chi connectivity index (χ4n) is 4.67. The van der Waals surface area contributed by atoms with Crippen LogP contribution in [0.15, 0.2) is 36.7 Å². The van der Waals surface area contributed by atoms with Gasteiger partial charge in [0.1, 0.15) is 11.6 Å². The van der Waals surface area contributed by atoms with Crippen LogP contribution in [-0.2, 0) is 5.41 Å². The molecule has 0 aliphatic heterocycles. The van der Waals surface area contributed by atoms with Gasteiger partial charge in [-0.1, -0.05) is 30.7 Å². The zero-order valence-electron chi connectivity index (χ0n) is 14.1. The van der Waals surface area contributed by atoms with Crippen molar-refractivity contribution in [2.75, 3.05) is 0 Å². The van der Waals surface area contributed by atoms with Crippen LogP contribution < -0.4 is 4.74 Å². The first-order chi connectivity index (χ1) is 12.1. The van der Waals surface area contributed by atoms with E-state index in [-0.39, 0.29) is 5.41 Å². The molecule has 0 radical (unpaired) electrons. The van der Waals surface area contributed by atoms with Crippen molar-refractivity contribution in [1.82, 2.24) is 19.6 Å². The van der Waals surface area contributed by atoms with E-state index in [1.54, 1.807) is 12.3 Å². The summed E-state index contributed by atoms with van der Waals surface area (Å²) in [7, 11) is 0. The molecule has 2 fully saturated rings. The number of benzene rings is 1. The van der Waals surface area contributed by atoms with Crippen molar-refractivity contribution >= 4 is 17.2 Å². The molecule has 6 heteroatoms. The number of ether oxygens (including phenoxy) is 1. The van der Waals surface area contributed by atoms with Gasteiger partial charge in [-0.25, -0.2) is 4.98 Å². The van der Waals surface area contributed by atoms with Crippen LogP contribution in [0.2, 0.25) is 5.02 Å². The molecule has 5 nitrogen and oxygen atoms in total. The zero-order chi connectivity index (χ0) is 17.1. The number of halogens is 1. The third kappa shape index (κ3) is 2.25. The fourth-order valence-corrected chi connectivity index (χ4v) is 4.85. The Morgan fingerprint density at radius 3 is 2.64 bits per heavy atom. The minimum Gasteiger partial charge on any atom is -0.434 e. The van der Waals surface area contributed by atoms with Crippen LogP contribution in [0.4, 0.5) is 0 Å². The van der Waals surface area contributed by atoms with Crippen LogP contribution in [-0.4, -0.2) is 19.6 Å². The highest BCUT2D eigenvalue weighted by atomic mass is 35.5. The van der Waals surface area contributed by atoms with Gasteiger partial charge < -0.3 is 4.74 Å². The predicted molar refractivity (Wildman–Crippen MR) is 95.2 cm³/mol. The Morgan fingerprint density at radius 2 is 1.92 bits per heavy atom. The Morgan fingerprint density at radius 1 is 1.12 bits per heavy atom. The Hall–Kier alpha value is -2.14. The summed E-state index contributed by atoms with van der Waals surface area (Å²) in [4.78, 5) is 4.35. The lowest BCUT2D eigenvalue weighted by atomic mass is 9.82. The summed E-state index contributed by atoms with van der Waals surface area (Å²) in [5.74, 6) is 2.06. The van der Waals surface area contributed by atoms with Gasteiger partial charge in [-0.3, -0.25) is 4.40 Å². The number of fused-ring (bicyclic) bond motifs is 3. The lowest BCUT2D eigenvalue weighted by Crippen LogP contribution is -2.23. The van der Waals surface area contributed by atoms with Gasteiger partial charge in [0.15, 0.2) is 0 Å². The number of aromatic nitrogens is 4. The lowest BCUT2D eigenvalue weighted by Gasteiger charge is -2.24. The van der Waals surface area contributed by atoms with Gasteiger partial charge in [-0.2, -0.15) is 0 Å². The maximum Gasteiger partial charge on any atom is 0.265 e. The summed E-state index contributed by atoms with van der Waals surface area (Å²) >= 11 is 6.20. The highest BCUT2D eigenvalue weighted by molar-refractivity contribution is 6.32. The second kappa shape index (κ2) is 5.18. The number of hydrogen-bond donors (Lipinski definition) is 0. The maximum absolute atomic E-state index is 6.20. The van der Waals surface area contributed by atoms with Crippen molar-refractivity contribution in [2.45, 2.75) is 44.4 Å². The molecule has 2 saturated carbocycles. The normalized spacial score (nSPS) is 27.9. The van der Waals surface area contributed by atoms with Crippen LogP contribution in [0.5, 0.6) is 11.6 Å². The molecule has 0 atom stereocenters. The number of nitrogens with zero attached hydrogens (tertiary/aromatic N) is 4. The highest BCUT2D eigenvalue weighted by Gasteiger charge is 2.54. The Balaban J connectivity index is 1.58. The zero-order valence-corrected chi connectivity index (χ0v) is 14.8. The third-order valence-electron chi connectivity index (χ3n) is 5.99. The molecule has 0 N–H and O–H groups in total. The van der Waals surface area contributed by atoms with Gasteiger partial charge in [0.05, 0.1) is 5.02 Å². The minimum atomic E-state index is 0.150.